The lowest BCUT2D eigenvalue weighted by Crippen LogP contribution is -2.49. The van der Waals surface area contributed by atoms with E-state index in [1.807, 2.05) is 30.0 Å². The molecule has 1 amide bonds. The Labute approximate surface area is 196 Å². The van der Waals surface area contributed by atoms with Gasteiger partial charge in [-0.1, -0.05) is 42.8 Å². The van der Waals surface area contributed by atoms with Crippen LogP contribution in [0.4, 0.5) is 5.82 Å². The smallest absolute Gasteiger partial charge is 0.254 e. The molecule has 0 radical (unpaired) electrons. The van der Waals surface area contributed by atoms with Crippen LogP contribution in [-0.4, -0.2) is 54.1 Å². The summed E-state index contributed by atoms with van der Waals surface area (Å²) in [5.41, 5.74) is 5.48. The molecule has 2 heterocycles. The Morgan fingerprint density at radius 2 is 1.73 bits per heavy atom. The van der Waals surface area contributed by atoms with Gasteiger partial charge in [0.05, 0.1) is 7.11 Å². The standard InChI is InChI=1S/C27H32N4O2/c1-5-25-24(17-21-11-9-19(2)10-12-21)26(29-20(3)28-25)30-13-15-31(16-14-30)27(32)22-7-6-8-23(18-22)33-4/h6-12,18H,5,13-17H2,1-4H3. The fourth-order valence-corrected chi connectivity index (χ4v) is 4.34. The van der Waals surface area contributed by atoms with Gasteiger partial charge in [0.25, 0.3) is 5.91 Å². The number of piperazine rings is 1. The lowest BCUT2D eigenvalue weighted by molar-refractivity contribution is 0.0746. The summed E-state index contributed by atoms with van der Waals surface area (Å²) in [4.78, 5) is 26.9. The molecule has 33 heavy (non-hydrogen) atoms. The van der Waals surface area contributed by atoms with E-state index in [0.717, 1.165) is 43.3 Å². The Morgan fingerprint density at radius 3 is 2.39 bits per heavy atom. The third-order valence-electron chi connectivity index (χ3n) is 6.20. The van der Waals surface area contributed by atoms with Crippen LogP contribution < -0.4 is 9.64 Å². The second-order valence-corrected chi connectivity index (χ2v) is 8.55. The molecule has 0 N–H and O–H groups in total. The van der Waals surface area contributed by atoms with Crippen LogP contribution >= 0.6 is 0 Å². The van der Waals surface area contributed by atoms with Crippen molar-refractivity contribution in [2.75, 3.05) is 38.2 Å². The second kappa shape index (κ2) is 10.0. The number of benzene rings is 2. The molecule has 1 aliphatic rings. The van der Waals surface area contributed by atoms with Gasteiger partial charge in [-0.25, -0.2) is 9.97 Å². The molecule has 172 valence electrons. The number of aryl methyl sites for hydroxylation is 3. The van der Waals surface area contributed by atoms with E-state index in [-0.39, 0.29) is 5.91 Å². The van der Waals surface area contributed by atoms with E-state index in [2.05, 4.69) is 43.0 Å². The maximum absolute atomic E-state index is 13.0. The third kappa shape index (κ3) is 5.16. The molecule has 1 aromatic heterocycles. The summed E-state index contributed by atoms with van der Waals surface area (Å²) in [5, 5.41) is 0. The SMILES string of the molecule is CCc1nc(C)nc(N2CCN(C(=O)c3cccc(OC)c3)CC2)c1Cc1ccc(C)cc1. The highest BCUT2D eigenvalue weighted by Gasteiger charge is 2.26. The van der Waals surface area contributed by atoms with Crippen LogP contribution in [-0.2, 0) is 12.8 Å². The molecular formula is C27H32N4O2. The first-order chi connectivity index (χ1) is 16.0. The zero-order valence-electron chi connectivity index (χ0n) is 20.0. The van der Waals surface area contributed by atoms with Crippen molar-refractivity contribution in [3.63, 3.8) is 0 Å². The average Bonchev–Trinajstić information content (AvgIpc) is 2.85. The van der Waals surface area contributed by atoms with Gasteiger partial charge < -0.3 is 14.5 Å². The van der Waals surface area contributed by atoms with Gasteiger partial charge in [0.2, 0.25) is 0 Å². The van der Waals surface area contributed by atoms with Crippen LogP contribution in [0.2, 0.25) is 0 Å². The van der Waals surface area contributed by atoms with Crippen molar-refractivity contribution in [2.45, 2.75) is 33.6 Å². The van der Waals surface area contributed by atoms with Crippen LogP contribution in [0, 0.1) is 13.8 Å². The number of hydrogen-bond acceptors (Lipinski definition) is 5. The van der Waals surface area contributed by atoms with Crippen molar-refractivity contribution in [1.82, 2.24) is 14.9 Å². The Balaban J connectivity index is 1.54. The van der Waals surface area contributed by atoms with E-state index >= 15 is 0 Å². The minimum Gasteiger partial charge on any atom is -0.497 e. The van der Waals surface area contributed by atoms with E-state index in [1.54, 1.807) is 13.2 Å². The molecule has 1 fully saturated rings. The summed E-state index contributed by atoms with van der Waals surface area (Å²) in [6.07, 6.45) is 1.67. The summed E-state index contributed by atoms with van der Waals surface area (Å²) < 4.78 is 5.28. The molecule has 6 nitrogen and oxygen atoms in total. The fourth-order valence-electron chi connectivity index (χ4n) is 4.34. The molecule has 0 saturated carbocycles. The molecule has 0 atom stereocenters. The van der Waals surface area contributed by atoms with E-state index in [9.17, 15) is 4.79 Å². The average molecular weight is 445 g/mol. The quantitative estimate of drug-likeness (QED) is 0.570. The molecule has 1 aliphatic heterocycles. The van der Waals surface area contributed by atoms with E-state index in [0.29, 0.717) is 24.4 Å². The van der Waals surface area contributed by atoms with Crippen LogP contribution in [0.3, 0.4) is 0 Å². The van der Waals surface area contributed by atoms with Crippen molar-refractivity contribution in [1.29, 1.82) is 0 Å². The number of nitrogens with zero attached hydrogens (tertiary/aromatic N) is 4. The minimum absolute atomic E-state index is 0.0431. The minimum atomic E-state index is 0.0431. The number of hydrogen-bond donors (Lipinski definition) is 0. The highest BCUT2D eigenvalue weighted by Crippen LogP contribution is 2.26. The first-order valence-electron chi connectivity index (χ1n) is 11.6. The van der Waals surface area contributed by atoms with Crippen molar-refractivity contribution in [2.24, 2.45) is 0 Å². The zero-order valence-corrected chi connectivity index (χ0v) is 20.0. The highest BCUT2D eigenvalue weighted by atomic mass is 16.5. The van der Waals surface area contributed by atoms with Crippen molar-refractivity contribution < 1.29 is 9.53 Å². The summed E-state index contributed by atoms with van der Waals surface area (Å²) in [6.45, 7) is 9.02. The Kier molecular flexibility index (Phi) is 6.92. The molecule has 0 bridgehead atoms. The normalized spacial score (nSPS) is 13.8. The number of amides is 1. The van der Waals surface area contributed by atoms with E-state index in [4.69, 9.17) is 14.7 Å². The number of carbonyl (C=O) groups is 1. The molecule has 2 aromatic carbocycles. The topological polar surface area (TPSA) is 58.6 Å². The number of carbonyl (C=O) groups excluding carboxylic acids is 1. The number of ether oxygens (including phenoxy) is 1. The highest BCUT2D eigenvalue weighted by molar-refractivity contribution is 5.94. The molecule has 0 unspecified atom stereocenters. The van der Waals surface area contributed by atoms with Crippen molar-refractivity contribution >= 4 is 11.7 Å². The second-order valence-electron chi connectivity index (χ2n) is 8.55. The van der Waals surface area contributed by atoms with Gasteiger partial charge >= 0.3 is 0 Å². The Hall–Kier alpha value is -3.41. The lowest BCUT2D eigenvalue weighted by atomic mass is 10.0. The summed E-state index contributed by atoms with van der Waals surface area (Å²) >= 11 is 0. The Bertz CT molecular complexity index is 1120. The summed E-state index contributed by atoms with van der Waals surface area (Å²) in [6, 6.07) is 16.0. The van der Waals surface area contributed by atoms with Crippen molar-refractivity contribution in [3.8, 4) is 5.75 Å². The third-order valence-corrected chi connectivity index (χ3v) is 6.20. The monoisotopic (exact) mass is 444 g/mol. The van der Waals surface area contributed by atoms with Crippen LogP contribution in [0.1, 0.15) is 45.5 Å². The Morgan fingerprint density at radius 1 is 1.00 bits per heavy atom. The molecule has 1 saturated heterocycles. The van der Waals surface area contributed by atoms with Gasteiger partial charge in [-0.2, -0.15) is 0 Å². The number of methoxy groups -OCH3 is 1. The van der Waals surface area contributed by atoms with Gasteiger partial charge in [0, 0.05) is 49.4 Å². The van der Waals surface area contributed by atoms with Crippen LogP contribution in [0.25, 0.3) is 0 Å². The molecule has 0 spiro atoms. The molecular weight excluding hydrogens is 412 g/mol. The van der Waals surface area contributed by atoms with Gasteiger partial charge in [-0.15, -0.1) is 0 Å². The maximum atomic E-state index is 13.0. The number of rotatable bonds is 6. The van der Waals surface area contributed by atoms with Gasteiger partial charge in [0.1, 0.15) is 17.4 Å². The summed E-state index contributed by atoms with van der Waals surface area (Å²) in [7, 11) is 1.62. The van der Waals surface area contributed by atoms with Crippen molar-refractivity contribution in [3.05, 3.63) is 82.3 Å². The summed E-state index contributed by atoms with van der Waals surface area (Å²) in [5.74, 6) is 2.54. The molecule has 6 heteroatoms. The van der Waals surface area contributed by atoms with Gasteiger partial charge in [0.15, 0.2) is 0 Å². The molecule has 4 rings (SSSR count). The zero-order chi connectivity index (χ0) is 23.4. The van der Waals surface area contributed by atoms with E-state index < -0.39 is 0 Å². The molecule has 0 aliphatic carbocycles. The van der Waals surface area contributed by atoms with Gasteiger partial charge in [-0.05, 0) is 44.0 Å². The molecule has 3 aromatic rings. The lowest BCUT2D eigenvalue weighted by Gasteiger charge is -2.36. The van der Waals surface area contributed by atoms with Crippen LogP contribution in [0.15, 0.2) is 48.5 Å². The van der Waals surface area contributed by atoms with E-state index in [1.165, 1.54) is 16.7 Å². The fraction of sp³-hybridized carbons (Fsp3) is 0.370. The number of anilines is 1. The van der Waals surface area contributed by atoms with Crippen LogP contribution in [0.5, 0.6) is 5.75 Å². The first-order valence-corrected chi connectivity index (χ1v) is 11.6. The number of aromatic nitrogens is 2. The first kappa shape index (κ1) is 22.8. The van der Waals surface area contributed by atoms with Gasteiger partial charge in [-0.3, -0.25) is 4.79 Å². The largest absolute Gasteiger partial charge is 0.497 e. The maximum Gasteiger partial charge on any atom is 0.254 e. The predicted octanol–water partition coefficient (Wildman–Crippen LogP) is 4.22. The predicted molar refractivity (Wildman–Crippen MR) is 131 cm³/mol.